The minimum absolute atomic E-state index is 0. The maximum absolute atomic E-state index is 2.32. The van der Waals surface area contributed by atoms with E-state index in [2.05, 4.69) is 20.8 Å². The van der Waals surface area contributed by atoms with Crippen molar-refractivity contribution in [1.29, 1.82) is 0 Å². The Balaban J connectivity index is 0. The van der Waals surface area contributed by atoms with Gasteiger partial charge in [0, 0.05) is 28.3 Å². The van der Waals surface area contributed by atoms with Crippen LogP contribution in [0.4, 0.5) is 0 Å². The summed E-state index contributed by atoms with van der Waals surface area (Å²) in [4.78, 5) is 0. The van der Waals surface area contributed by atoms with Gasteiger partial charge in [0.1, 0.15) is 0 Å². The average molecular weight is 352 g/mol. The van der Waals surface area contributed by atoms with Crippen molar-refractivity contribution in [2.75, 3.05) is 18.5 Å². The van der Waals surface area contributed by atoms with Gasteiger partial charge in [-0.15, -0.1) is 0 Å². The number of hydrogen-bond donors (Lipinski definition) is 0. The van der Waals surface area contributed by atoms with Gasteiger partial charge in [0.25, 0.3) is 0 Å². The smallest absolute Gasteiger partial charge is 0.0571 e. The van der Waals surface area contributed by atoms with E-state index in [0.717, 1.165) is 0 Å². The molecule has 0 heterocycles. The third kappa shape index (κ3) is 15.0. The number of rotatable bonds is 12. The molecule has 0 spiro atoms. The van der Waals surface area contributed by atoms with Crippen LogP contribution in [0.25, 0.3) is 0 Å². The van der Waals surface area contributed by atoms with E-state index in [4.69, 9.17) is 0 Å². The summed E-state index contributed by atoms with van der Waals surface area (Å²) in [5, 5.41) is 0. The van der Waals surface area contributed by atoms with Gasteiger partial charge in [0.05, 0.1) is 18.5 Å². The van der Waals surface area contributed by atoms with E-state index >= 15 is 0 Å². The molecule has 0 aliphatic carbocycles. The van der Waals surface area contributed by atoms with Crippen molar-refractivity contribution in [1.82, 2.24) is 0 Å². The van der Waals surface area contributed by atoms with Crippen molar-refractivity contribution >= 4 is 7.92 Å². The quantitative estimate of drug-likeness (QED) is 0.238. The van der Waals surface area contributed by atoms with E-state index in [-0.39, 0.29) is 28.3 Å². The minimum atomic E-state index is 0. The zero-order chi connectivity index (χ0) is 12.1. The van der Waals surface area contributed by atoms with Gasteiger partial charge in [0.15, 0.2) is 0 Å². The van der Waals surface area contributed by atoms with E-state index in [1.807, 2.05) is 0 Å². The van der Waals surface area contributed by atoms with Crippen LogP contribution in [0.5, 0.6) is 0 Å². The molecular weight excluding hydrogens is 318 g/mol. The van der Waals surface area contributed by atoms with E-state index in [9.17, 15) is 0 Å². The summed E-state index contributed by atoms with van der Waals surface area (Å²) < 4.78 is 0. The predicted molar refractivity (Wildman–Crippen MR) is 81.5 cm³/mol. The van der Waals surface area contributed by atoms with Crippen molar-refractivity contribution < 1.29 is 20.4 Å². The molecule has 0 rings (SSSR count). The van der Waals surface area contributed by atoms with Crippen molar-refractivity contribution in [3.63, 3.8) is 0 Å². The van der Waals surface area contributed by atoms with Crippen molar-refractivity contribution in [2.24, 2.45) is 0 Å². The van der Waals surface area contributed by atoms with Gasteiger partial charge in [-0.25, -0.2) is 0 Å². The summed E-state index contributed by atoms with van der Waals surface area (Å²) in [6.45, 7) is 6.96. The van der Waals surface area contributed by atoms with E-state index in [0.29, 0.717) is 0 Å². The standard InChI is InChI=1S/C15H33P.Pd/c1-4-7-10-13-16(14-11-8-5-2)15-12-9-6-3;/h4-15H2,1-3H3;/p+1. The fraction of sp³-hybridized carbons (Fsp3) is 1.00. The molecule has 17 heavy (non-hydrogen) atoms. The molecule has 0 aromatic carbocycles. The molecule has 0 atom stereocenters. The van der Waals surface area contributed by atoms with Crippen LogP contribution >= 0.6 is 7.92 Å². The first-order valence-electron chi connectivity index (χ1n) is 7.68. The second-order valence-corrected chi connectivity index (χ2v) is 8.12. The monoisotopic (exact) mass is 351 g/mol. The molecule has 0 saturated heterocycles. The van der Waals surface area contributed by atoms with Crippen LogP contribution in [-0.2, 0) is 20.4 Å². The van der Waals surface area contributed by atoms with Crippen LogP contribution in [-0.4, -0.2) is 18.5 Å². The Kier molecular flexibility index (Phi) is 20.5. The molecule has 0 unspecified atom stereocenters. The zero-order valence-corrected chi connectivity index (χ0v) is 14.9. The third-order valence-corrected chi connectivity index (χ3v) is 6.58. The Labute approximate surface area is 125 Å². The largest absolute Gasteiger partial charge is 0.0654 e. The third-order valence-electron chi connectivity index (χ3n) is 3.40. The second-order valence-electron chi connectivity index (χ2n) is 5.12. The molecule has 0 N–H and O–H groups in total. The Morgan fingerprint density at radius 2 is 0.824 bits per heavy atom. The van der Waals surface area contributed by atoms with Gasteiger partial charge in [-0.3, -0.25) is 0 Å². The molecular formula is C15H34PPd+. The van der Waals surface area contributed by atoms with Crippen molar-refractivity contribution in [2.45, 2.75) is 78.6 Å². The molecule has 0 amide bonds. The molecule has 0 bridgehead atoms. The van der Waals surface area contributed by atoms with Crippen molar-refractivity contribution in [3.05, 3.63) is 0 Å². The zero-order valence-electron chi connectivity index (χ0n) is 12.3. The summed E-state index contributed by atoms with van der Waals surface area (Å²) in [5.74, 6) is 0. The molecule has 0 aromatic rings. The first kappa shape index (κ1) is 20.4. The summed E-state index contributed by atoms with van der Waals surface area (Å²) in [5.41, 5.74) is 0. The molecule has 0 aliphatic heterocycles. The van der Waals surface area contributed by atoms with Crippen LogP contribution in [0.1, 0.15) is 78.6 Å². The molecule has 0 aliphatic rings. The fourth-order valence-electron chi connectivity index (χ4n) is 2.25. The topological polar surface area (TPSA) is 0 Å². The van der Waals surface area contributed by atoms with E-state index in [1.54, 1.807) is 18.5 Å². The molecule has 108 valence electrons. The van der Waals surface area contributed by atoms with Crippen LogP contribution in [0.3, 0.4) is 0 Å². The molecule has 2 heteroatoms. The second kappa shape index (κ2) is 17.1. The molecule has 0 fully saturated rings. The van der Waals surface area contributed by atoms with Gasteiger partial charge < -0.3 is 0 Å². The van der Waals surface area contributed by atoms with E-state index in [1.165, 1.54) is 57.8 Å². The maximum Gasteiger partial charge on any atom is 0.0571 e. The average Bonchev–Trinajstić information content (AvgIpc) is 2.29. The normalized spacial score (nSPS) is 10.6. The molecule has 0 aromatic heterocycles. The summed E-state index contributed by atoms with van der Waals surface area (Å²) >= 11 is 0. The van der Waals surface area contributed by atoms with Crippen molar-refractivity contribution in [3.8, 4) is 0 Å². The van der Waals surface area contributed by atoms with Gasteiger partial charge in [-0.05, 0) is 19.3 Å². The van der Waals surface area contributed by atoms with E-state index < -0.39 is 0 Å². The molecule has 0 radical (unpaired) electrons. The Hall–Kier alpha value is 1.09. The first-order chi connectivity index (χ1) is 7.85. The summed E-state index contributed by atoms with van der Waals surface area (Å²) in [6.07, 6.45) is 17.9. The number of hydrogen-bond acceptors (Lipinski definition) is 0. The predicted octanol–water partition coefficient (Wildman–Crippen LogP) is 5.77. The summed E-state index contributed by atoms with van der Waals surface area (Å²) in [6, 6.07) is 0. The van der Waals surface area contributed by atoms with Gasteiger partial charge in [0.2, 0.25) is 0 Å². The first-order valence-corrected chi connectivity index (χ1v) is 9.80. The SMILES string of the molecule is CCCCC[PH+](CCCCC)CCCCC.[Pd]. The van der Waals surface area contributed by atoms with Gasteiger partial charge in [-0.2, -0.15) is 0 Å². The molecule has 0 nitrogen and oxygen atoms in total. The van der Waals surface area contributed by atoms with Gasteiger partial charge in [-0.1, -0.05) is 59.3 Å². The summed E-state index contributed by atoms with van der Waals surface area (Å²) in [7, 11) is 0.0380. The Morgan fingerprint density at radius 3 is 1.06 bits per heavy atom. The maximum atomic E-state index is 2.32. The van der Waals surface area contributed by atoms with Crippen LogP contribution < -0.4 is 0 Å². The Bertz CT molecular complexity index is 104. The van der Waals surface area contributed by atoms with Crippen LogP contribution in [0, 0.1) is 0 Å². The Morgan fingerprint density at radius 1 is 0.529 bits per heavy atom. The number of unbranched alkanes of at least 4 members (excludes halogenated alkanes) is 6. The minimum Gasteiger partial charge on any atom is -0.0654 e. The molecule has 0 saturated carbocycles. The van der Waals surface area contributed by atoms with Gasteiger partial charge >= 0.3 is 0 Å². The van der Waals surface area contributed by atoms with Crippen LogP contribution in [0.15, 0.2) is 0 Å². The van der Waals surface area contributed by atoms with Crippen LogP contribution in [0.2, 0.25) is 0 Å². The fourth-order valence-corrected chi connectivity index (χ4v) is 5.25.